The molecule has 1 aromatic carbocycles. The molecule has 1 saturated heterocycles. The number of carbonyl (C=O) groups excluding carboxylic acids is 1. The van der Waals surface area contributed by atoms with Crippen LogP contribution in [0.3, 0.4) is 0 Å². The van der Waals surface area contributed by atoms with Gasteiger partial charge in [0.05, 0.1) is 31.4 Å². The summed E-state index contributed by atoms with van der Waals surface area (Å²) < 4.78 is 16.4. The third-order valence-corrected chi connectivity index (χ3v) is 4.94. The van der Waals surface area contributed by atoms with E-state index >= 15 is 0 Å². The molecule has 4 rings (SSSR count). The van der Waals surface area contributed by atoms with E-state index in [-0.39, 0.29) is 23.2 Å². The molecule has 0 spiro atoms. The first-order valence-corrected chi connectivity index (χ1v) is 9.66. The zero-order chi connectivity index (χ0) is 20.2. The lowest BCUT2D eigenvalue weighted by Crippen LogP contribution is -2.31. The van der Waals surface area contributed by atoms with Crippen LogP contribution < -0.4 is 15.4 Å². The highest BCUT2D eigenvalue weighted by Crippen LogP contribution is 2.30. The largest absolute Gasteiger partial charge is 0.489 e. The Balaban J connectivity index is 1.50. The Morgan fingerprint density at radius 2 is 2.17 bits per heavy atom. The molecule has 2 aromatic heterocycles. The van der Waals surface area contributed by atoms with E-state index in [2.05, 4.69) is 20.6 Å². The number of aromatic nitrogens is 2. The van der Waals surface area contributed by atoms with Crippen molar-refractivity contribution in [1.29, 1.82) is 0 Å². The first-order chi connectivity index (χ1) is 14.1. The molecule has 29 heavy (non-hydrogen) atoms. The number of rotatable bonds is 8. The molecule has 1 aliphatic heterocycles. The molecule has 8 nitrogen and oxygen atoms in total. The third-order valence-electron chi connectivity index (χ3n) is 4.77. The van der Waals surface area contributed by atoms with Crippen molar-refractivity contribution in [3.63, 3.8) is 0 Å². The highest BCUT2D eigenvalue weighted by atomic mass is 35.5. The molecule has 1 fully saturated rings. The highest BCUT2D eigenvalue weighted by molar-refractivity contribution is 6.29. The lowest BCUT2D eigenvalue weighted by molar-refractivity contribution is -0.123. The van der Waals surface area contributed by atoms with Crippen molar-refractivity contribution >= 4 is 34.2 Å². The molecule has 0 aliphatic carbocycles. The molecule has 2 atom stereocenters. The van der Waals surface area contributed by atoms with Crippen LogP contribution in [0.5, 0.6) is 5.75 Å². The Bertz CT molecular complexity index is 996. The minimum Gasteiger partial charge on any atom is -0.489 e. The number of benzene rings is 1. The van der Waals surface area contributed by atoms with Crippen LogP contribution >= 0.6 is 11.6 Å². The van der Waals surface area contributed by atoms with E-state index in [0.29, 0.717) is 43.3 Å². The van der Waals surface area contributed by atoms with E-state index < -0.39 is 0 Å². The fourth-order valence-electron chi connectivity index (χ4n) is 3.41. The number of anilines is 1. The van der Waals surface area contributed by atoms with E-state index in [1.807, 2.05) is 30.3 Å². The number of carbonyl (C=O) groups is 1. The minimum absolute atomic E-state index is 0.00634. The first kappa shape index (κ1) is 19.5. The third kappa shape index (κ3) is 4.44. The fourth-order valence-corrected chi connectivity index (χ4v) is 3.58. The maximum Gasteiger partial charge on any atom is 0.225 e. The Kier molecular flexibility index (Phi) is 5.82. The van der Waals surface area contributed by atoms with Crippen molar-refractivity contribution in [2.24, 2.45) is 5.92 Å². The number of hydrogen-bond donors (Lipinski definition) is 2. The summed E-state index contributed by atoms with van der Waals surface area (Å²) in [7, 11) is 1.59. The van der Waals surface area contributed by atoms with Crippen LogP contribution in [0, 0.1) is 5.92 Å². The Morgan fingerprint density at radius 1 is 1.28 bits per heavy atom. The van der Waals surface area contributed by atoms with E-state index in [1.54, 1.807) is 13.4 Å². The zero-order valence-corrected chi connectivity index (χ0v) is 16.6. The topological polar surface area (TPSA) is 98.5 Å². The van der Waals surface area contributed by atoms with E-state index in [4.69, 9.17) is 25.5 Å². The number of nitrogens with zero attached hydrogens (tertiary/aromatic N) is 2. The SMILES string of the molecule is COCC1C[C@H](COc2cccc3c(NCc4ccco4)nc(Cl)nc23)NC1=O. The predicted octanol–water partition coefficient (Wildman–Crippen LogP) is 3.02. The molecule has 0 saturated carbocycles. The highest BCUT2D eigenvalue weighted by Gasteiger charge is 2.32. The first-order valence-electron chi connectivity index (χ1n) is 9.28. The summed E-state index contributed by atoms with van der Waals surface area (Å²) in [5, 5.41) is 7.06. The number of halogens is 1. The van der Waals surface area contributed by atoms with Crippen molar-refractivity contribution in [2.45, 2.75) is 19.0 Å². The number of nitrogens with one attached hydrogen (secondary N) is 2. The van der Waals surface area contributed by atoms with Gasteiger partial charge in [-0.2, -0.15) is 0 Å². The van der Waals surface area contributed by atoms with E-state index in [9.17, 15) is 4.79 Å². The van der Waals surface area contributed by atoms with Crippen LogP contribution in [0.2, 0.25) is 5.28 Å². The summed E-state index contributed by atoms with van der Waals surface area (Å²) in [5.74, 6) is 1.81. The van der Waals surface area contributed by atoms with Crippen LogP contribution in [0.25, 0.3) is 10.9 Å². The number of amides is 1. The maximum atomic E-state index is 12.0. The van der Waals surface area contributed by atoms with Gasteiger partial charge in [0.25, 0.3) is 0 Å². The Labute approximate surface area is 172 Å². The summed E-state index contributed by atoms with van der Waals surface area (Å²) in [6.45, 7) is 1.21. The molecular formula is C20H21ClN4O4. The van der Waals surface area contributed by atoms with Crippen LogP contribution in [0.1, 0.15) is 12.2 Å². The van der Waals surface area contributed by atoms with Gasteiger partial charge in [0.15, 0.2) is 0 Å². The van der Waals surface area contributed by atoms with Gasteiger partial charge < -0.3 is 24.5 Å². The lowest BCUT2D eigenvalue weighted by atomic mass is 10.1. The Morgan fingerprint density at radius 3 is 2.97 bits per heavy atom. The van der Waals surface area contributed by atoms with Crippen LogP contribution in [-0.4, -0.2) is 42.2 Å². The van der Waals surface area contributed by atoms with Crippen LogP contribution in [0.4, 0.5) is 5.82 Å². The normalized spacial score (nSPS) is 18.8. The smallest absolute Gasteiger partial charge is 0.225 e. The molecule has 1 aliphatic rings. The molecule has 0 radical (unpaired) electrons. The minimum atomic E-state index is -0.143. The summed E-state index contributed by atoms with van der Waals surface area (Å²) in [4.78, 5) is 20.6. The van der Waals surface area contributed by atoms with E-state index in [0.717, 1.165) is 11.1 Å². The van der Waals surface area contributed by atoms with Gasteiger partial charge in [-0.3, -0.25) is 4.79 Å². The van der Waals surface area contributed by atoms with Crippen molar-refractivity contribution in [2.75, 3.05) is 25.6 Å². The number of ether oxygens (including phenoxy) is 2. The molecule has 2 N–H and O–H groups in total. The van der Waals surface area contributed by atoms with Crippen LogP contribution in [-0.2, 0) is 16.1 Å². The van der Waals surface area contributed by atoms with Gasteiger partial charge in [0, 0.05) is 12.5 Å². The number of methoxy groups -OCH3 is 1. The number of fused-ring (bicyclic) bond motifs is 1. The maximum absolute atomic E-state index is 12.0. The number of para-hydroxylation sites is 1. The van der Waals surface area contributed by atoms with Crippen molar-refractivity contribution in [1.82, 2.24) is 15.3 Å². The molecule has 3 heterocycles. The second-order valence-electron chi connectivity index (χ2n) is 6.83. The molecule has 9 heteroatoms. The second-order valence-corrected chi connectivity index (χ2v) is 7.17. The lowest BCUT2D eigenvalue weighted by Gasteiger charge is -2.15. The van der Waals surface area contributed by atoms with E-state index in [1.165, 1.54) is 0 Å². The molecule has 1 amide bonds. The van der Waals surface area contributed by atoms with Crippen molar-refractivity contribution in [3.05, 3.63) is 47.6 Å². The second kappa shape index (κ2) is 8.67. The number of hydrogen-bond acceptors (Lipinski definition) is 7. The summed E-state index contributed by atoms with van der Waals surface area (Å²) >= 11 is 6.14. The average molecular weight is 417 g/mol. The predicted molar refractivity (Wildman–Crippen MR) is 108 cm³/mol. The van der Waals surface area contributed by atoms with Gasteiger partial charge >= 0.3 is 0 Å². The van der Waals surface area contributed by atoms with Gasteiger partial charge in [-0.15, -0.1) is 0 Å². The van der Waals surface area contributed by atoms with Crippen molar-refractivity contribution in [3.8, 4) is 5.75 Å². The molecule has 1 unspecified atom stereocenters. The molecule has 152 valence electrons. The van der Waals surface area contributed by atoms with Crippen LogP contribution in [0.15, 0.2) is 41.0 Å². The average Bonchev–Trinajstić information content (AvgIpc) is 3.35. The van der Waals surface area contributed by atoms with Gasteiger partial charge in [0.2, 0.25) is 11.2 Å². The van der Waals surface area contributed by atoms with Gasteiger partial charge in [0.1, 0.15) is 29.5 Å². The zero-order valence-electron chi connectivity index (χ0n) is 15.9. The van der Waals surface area contributed by atoms with Gasteiger partial charge in [-0.1, -0.05) is 6.07 Å². The molecule has 3 aromatic rings. The standard InChI is InChI=1S/C20H21ClN4O4/c1-27-10-12-8-13(23-19(12)26)11-29-16-6-2-5-15-17(16)24-20(21)25-18(15)22-9-14-4-3-7-28-14/h2-7,12-13H,8-11H2,1H3,(H,23,26)(H,22,24,25)/t12?,13-/m1/s1. The Hall–Kier alpha value is -2.84. The summed E-state index contributed by atoms with van der Waals surface area (Å²) in [6, 6.07) is 9.22. The monoisotopic (exact) mass is 416 g/mol. The molecular weight excluding hydrogens is 396 g/mol. The van der Waals surface area contributed by atoms with Crippen molar-refractivity contribution < 1.29 is 18.7 Å². The van der Waals surface area contributed by atoms with Gasteiger partial charge in [-0.25, -0.2) is 9.97 Å². The fraction of sp³-hybridized carbons (Fsp3) is 0.350. The van der Waals surface area contributed by atoms with Gasteiger partial charge in [-0.05, 0) is 42.3 Å². The quantitative estimate of drug-likeness (QED) is 0.544. The molecule has 0 bridgehead atoms. The summed E-state index contributed by atoms with van der Waals surface area (Å²) in [6.07, 6.45) is 2.29. The summed E-state index contributed by atoms with van der Waals surface area (Å²) in [5.41, 5.74) is 0.604. The number of furan rings is 1.